The Morgan fingerprint density at radius 2 is 2.00 bits per heavy atom. The van der Waals surface area contributed by atoms with Crippen LogP contribution >= 0.6 is 23.2 Å². The van der Waals surface area contributed by atoms with Crippen molar-refractivity contribution >= 4 is 37.2 Å². The van der Waals surface area contributed by atoms with Crippen LogP contribution in [0.25, 0.3) is 0 Å². The lowest BCUT2D eigenvalue weighted by Gasteiger charge is -2.09. The van der Waals surface area contributed by atoms with Gasteiger partial charge >= 0.3 is 0 Å². The van der Waals surface area contributed by atoms with Crippen LogP contribution in [0.15, 0.2) is 18.2 Å². The summed E-state index contributed by atoms with van der Waals surface area (Å²) in [5.74, 6) is 0.571. The third-order valence-electron chi connectivity index (χ3n) is 1.87. The zero-order valence-corrected chi connectivity index (χ0v) is 9.94. The van der Waals surface area contributed by atoms with Gasteiger partial charge in [-0.3, -0.25) is 0 Å². The summed E-state index contributed by atoms with van der Waals surface area (Å²) < 4.78 is 0. The lowest BCUT2D eigenvalue weighted by molar-refractivity contribution is 1.43. The zero-order valence-electron chi connectivity index (χ0n) is 7.27. The molecule has 0 nitrogen and oxygen atoms in total. The molecule has 0 heterocycles. The van der Waals surface area contributed by atoms with Crippen LogP contribution in [0.3, 0.4) is 0 Å². The second-order valence-electron chi connectivity index (χ2n) is 3.13. The molecule has 0 aliphatic heterocycles. The Balaban J connectivity index is 3.11. The highest BCUT2D eigenvalue weighted by molar-refractivity contribution is 6.71. The molecular formula is C9H12Cl2Si. The molecule has 0 unspecified atom stereocenters. The van der Waals surface area contributed by atoms with Gasteiger partial charge in [-0.25, -0.2) is 0 Å². The van der Waals surface area contributed by atoms with Crippen LogP contribution in [-0.4, -0.2) is 8.80 Å². The lowest BCUT2D eigenvalue weighted by Crippen LogP contribution is -2.26. The van der Waals surface area contributed by atoms with E-state index in [9.17, 15) is 0 Å². The summed E-state index contributed by atoms with van der Waals surface area (Å²) in [7, 11) is -0.750. The molecule has 1 rings (SSSR count). The molecule has 3 heteroatoms. The van der Waals surface area contributed by atoms with Crippen molar-refractivity contribution in [3.8, 4) is 0 Å². The number of alkyl halides is 1. The van der Waals surface area contributed by atoms with Crippen LogP contribution in [-0.2, 0) is 5.88 Å². The van der Waals surface area contributed by atoms with Gasteiger partial charge in [-0.15, -0.1) is 11.6 Å². The molecule has 0 saturated carbocycles. The Bertz CT molecular complexity index is 271. The van der Waals surface area contributed by atoms with E-state index in [1.807, 2.05) is 12.1 Å². The zero-order chi connectivity index (χ0) is 9.14. The minimum Gasteiger partial charge on any atom is -0.122 e. The van der Waals surface area contributed by atoms with E-state index in [0.29, 0.717) is 5.88 Å². The van der Waals surface area contributed by atoms with Crippen LogP contribution in [0.5, 0.6) is 0 Å². The highest BCUT2D eigenvalue weighted by atomic mass is 35.5. The predicted octanol–water partition coefficient (Wildman–Crippen LogP) is 2.77. The van der Waals surface area contributed by atoms with Gasteiger partial charge in [-0.1, -0.05) is 35.9 Å². The van der Waals surface area contributed by atoms with Crippen LogP contribution < -0.4 is 5.19 Å². The molecule has 66 valence electrons. The molecule has 1 aromatic carbocycles. The van der Waals surface area contributed by atoms with E-state index in [0.717, 1.165) is 5.02 Å². The van der Waals surface area contributed by atoms with Crippen LogP contribution in [0.4, 0.5) is 0 Å². The fourth-order valence-electron chi connectivity index (χ4n) is 1.25. The maximum absolute atomic E-state index is 5.86. The van der Waals surface area contributed by atoms with E-state index in [4.69, 9.17) is 23.2 Å². The number of halogens is 2. The highest BCUT2D eigenvalue weighted by Gasteiger charge is 2.06. The van der Waals surface area contributed by atoms with E-state index in [-0.39, 0.29) is 0 Å². The molecule has 0 atom stereocenters. The lowest BCUT2D eigenvalue weighted by atomic mass is 10.2. The quantitative estimate of drug-likeness (QED) is 0.530. The topological polar surface area (TPSA) is 0 Å². The monoisotopic (exact) mass is 218 g/mol. The Morgan fingerprint density at radius 3 is 2.50 bits per heavy atom. The standard InChI is InChI=1S/C9H12Cl2Si/c1-12(2)9-4-3-8(11)5-7(9)6-10/h3-5,12H,6H2,1-2H3. The third-order valence-corrected chi connectivity index (χ3v) is 4.20. The Morgan fingerprint density at radius 1 is 1.33 bits per heavy atom. The second-order valence-corrected chi connectivity index (χ2v) is 6.77. The van der Waals surface area contributed by atoms with Gasteiger partial charge < -0.3 is 0 Å². The van der Waals surface area contributed by atoms with Crippen LogP contribution in [0.2, 0.25) is 18.1 Å². The van der Waals surface area contributed by atoms with Gasteiger partial charge in [0.05, 0.1) is 8.80 Å². The number of hydrogen-bond acceptors (Lipinski definition) is 0. The van der Waals surface area contributed by atoms with Gasteiger partial charge in [0, 0.05) is 10.9 Å². The minimum absolute atomic E-state index is 0.571. The summed E-state index contributed by atoms with van der Waals surface area (Å²) in [6.45, 7) is 4.58. The molecule has 0 N–H and O–H groups in total. The average molecular weight is 219 g/mol. The molecule has 0 bridgehead atoms. The van der Waals surface area contributed by atoms with E-state index in [1.54, 1.807) is 0 Å². The predicted molar refractivity (Wildman–Crippen MR) is 59.5 cm³/mol. The van der Waals surface area contributed by atoms with Crippen molar-refractivity contribution < 1.29 is 0 Å². The molecule has 12 heavy (non-hydrogen) atoms. The Hall–Kier alpha value is 0.0169. The van der Waals surface area contributed by atoms with Gasteiger partial charge in [0.25, 0.3) is 0 Å². The Labute approximate surface area is 85.1 Å². The van der Waals surface area contributed by atoms with Gasteiger partial charge in [0.1, 0.15) is 0 Å². The smallest absolute Gasteiger partial charge is 0.0651 e. The highest BCUT2D eigenvalue weighted by Crippen LogP contribution is 2.11. The number of hydrogen-bond donors (Lipinski definition) is 0. The SMILES string of the molecule is C[SiH](C)c1ccc(Cl)cc1CCl. The molecule has 0 amide bonds. The van der Waals surface area contributed by atoms with Gasteiger partial charge in [-0.2, -0.15) is 0 Å². The maximum Gasteiger partial charge on any atom is 0.0651 e. The van der Waals surface area contributed by atoms with E-state index in [1.165, 1.54) is 10.8 Å². The van der Waals surface area contributed by atoms with E-state index < -0.39 is 8.80 Å². The van der Waals surface area contributed by atoms with Crippen molar-refractivity contribution in [2.24, 2.45) is 0 Å². The maximum atomic E-state index is 5.86. The van der Waals surface area contributed by atoms with Crippen molar-refractivity contribution in [2.75, 3.05) is 0 Å². The molecule has 0 radical (unpaired) electrons. The summed E-state index contributed by atoms with van der Waals surface area (Å²) >= 11 is 11.7. The second kappa shape index (κ2) is 4.31. The van der Waals surface area contributed by atoms with Crippen molar-refractivity contribution in [3.05, 3.63) is 28.8 Å². The van der Waals surface area contributed by atoms with Gasteiger partial charge in [-0.05, 0) is 17.7 Å². The van der Waals surface area contributed by atoms with Crippen molar-refractivity contribution in [1.29, 1.82) is 0 Å². The summed E-state index contributed by atoms with van der Waals surface area (Å²) in [6.07, 6.45) is 0. The fourth-order valence-corrected chi connectivity index (χ4v) is 3.22. The molecule has 0 aliphatic carbocycles. The first-order valence-electron chi connectivity index (χ1n) is 3.99. The van der Waals surface area contributed by atoms with Crippen LogP contribution in [0.1, 0.15) is 5.56 Å². The molecule has 0 spiro atoms. The summed E-state index contributed by atoms with van der Waals surface area (Å²) in [5.41, 5.74) is 1.20. The van der Waals surface area contributed by atoms with Gasteiger partial charge in [0.15, 0.2) is 0 Å². The molecule has 0 aliphatic rings. The summed E-state index contributed by atoms with van der Waals surface area (Å²) in [4.78, 5) is 0. The van der Waals surface area contributed by atoms with Crippen molar-refractivity contribution in [3.63, 3.8) is 0 Å². The fraction of sp³-hybridized carbons (Fsp3) is 0.333. The number of rotatable bonds is 2. The first-order chi connectivity index (χ1) is 5.65. The summed E-state index contributed by atoms with van der Waals surface area (Å²) in [5, 5.41) is 2.21. The molecule has 0 fully saturated rings. The largest absolute Gasteiger partial charge is 0.122 e. The van der Waals surface area contributed by atoms with Crippen molar-refractivity contribution in [2.45, 2.75) is 19.0 Å². The minimum atomic E-state index is -0.750. The number of benzene rings is 1. The Kier molecular flexibility index (Phi) is 3.63. The third kappa shape index (κ3) is 2.25. The van der Waals surface area contributed by atoms with Gasteiger partial charge in [0.2, 0.25) is 0 Å². The molecule has 0 saturated heterocycles. The normalized spacial score (nSPS) is 10.8. The first kappa shape index (κ1) is 10.1. The first-order valence-corrected chi connectivity index (χ1v) is 7.79. The van der Waals surface area contributed by atoms with E-state index in [2.05, 4.69) is 19.2 Å². The van der Waals surface area contributed by atoms with E-state index >= 15 is 0 Å². The molecule has 1 aromatic rings. The molecule has 0 aromatic heterocycles. The van der Waals surface area contributed by atoms with Crippen LogP contribution in [0, 0.1) is 0 Å². The summed E-state index contributed by atoms with van der Waals surface area (Å²) in [6, 6.07) is 6.02. The molecular weight excluding hydrogens is 207 g/mol. The van der Waals surface area contributed by atoms with Crippen molar-refractivity contribution in [1.82, 2.24) is 0 Å². The average Bonchev–Trinajstić information content (AvgIpc) is 2.03.